The SMILES string of the molecule is COC(=O)C(C)(N)Cn1cnc(C)c1C. The van der Waals surface area contributed by atoms with Crippen molar-refractivity contribution in [2.45, 2.75) is 32.9 Å². The topological polar surface area (TPSA) is 70.1 Å². The lowest BCUT2D eigenvalue weighted by molar-refractivity contribution is -0.146. The fraction of sp³-hybridized carbons (Fsp3) is 0.600. The Morgan fingerprint density at radius 2 is 2.27 bits per heavy atom. The van der Waals surface area contributed by atoms with Crippen molar-refractivity contribution in [2.24, 2.45) is 5.73 Å². The molecule has 0 spiro atoms. The molecule has 1 aromatic rings. The van der Waals surface area contributed by atoms with Crippen molar-refractivity contribution in [3.63, 3.8) is 0 Å². The van der Waals surface area contributed by atoms with Gasteiger partial charge in [0.25, 0.3) is 0 Å². The Balaban J connectivity index is 2.86. The number of aryl methyl sites for hydroxylation is 1. The maximum absolute atomic E-state index is 11.4. The Hall–Kier alpha value is -1.36. The van der Waals surface area contributed by atoms with Gasteiger partial charge in [-0.3, -0.25) is 4.79 Å². The molecule has 1 unspecified atom stereocenters. The van der Waals surface area contributed by atoms with Crippen molar-refractivity contribution in [1.82, 2.24) is 9.55 Å². The van der Waals surface area contributed by atoms with Crippen LogP contribution in [0.15, 0.2) is 6.33 Å². The lowest BCUT2D eigenvalue weighted by atomic mass is 10.0. The van der Waals surface area contributed by atoms with Crippen LogP contribution < -0.4 is 5.73 Å². The average Bonchev–Trinajstić information content (AvgIpc) is 2.48. The minimum atomic E-state index is -1.02. The van der Waals surface area contributed by atoms with Crippen molar-refractivity contribution in [3.05, 3.63) is 17.7 Å². The van der Waals surface area contributed by atoms with Gasteiger partial charge in [0.15, 0.2) is 0 Å². The third-order valence-electron chi connectivity index (χ3n) is 2.50. The highest BCUT2D eigenvalue weighted by molar-refractivity contribution is 5.79. The van der Waals surface area contributed by atoms with Crippen LogP contribution in [-0.2, 0) is 16.1 Å². The second-order valence-corrected chi connectivity index (χ2v) is 3.95. The molecule has 0 fully saturated rings. The van der Waals surface area contributed by atoms with Gasteiger partial charge >= 0.3 is 5.97 Å². The van der Waals surface area contributed by atoms with Crippen LogP contribution in [0, 0.1) is 13.8 Å². The number of carbonyl (C=O) groups is 1. The molecule has 1 heterocycles. The van der Waals surface area contributed by atoms with E-state index in [2.05, 4.69) is 9.72 Å². The highest BCUT2D eigenvalue weighted by atomic mass is 16.5. The van der Waals surface area contributed by atoms with Crippen LogP contribution in [0.4, 0.5) is 0 Å². The molecule has 0 aromatic carbocycles. The van der Waals surface area contributed by atoms with Gasteiger partial charge in [-0.15, -0.1) is 0 Å². The lowest BCUT2D eigenvalue weighted by Crippen LogP contribution is -2.49. The molecule has 0 radical (unpaired) electrons. The zero-order valence-corrected chi connectivity index (χ0v) is 9.57. The van der Waals surface area contributed by atoms with E-state index >= 15 is 0 Å². The summed E-state index contributed by atoms with van der Waals surface area (Å²) in [6, 6.07) is 0. The van der Waals surface area contributed by atoms with Crippen LogP contribution in [0.3, 0.4) is 0 Å². The monoisotopic (exact) mass is 211 g/mol. The van der Waals surface area contributed by atoms with Crippen molar-refractivity contribution in [1.29, 1.82) is 0 Å². The number of ether oxygens (including phenoxy) is 1. The third kappa shape index (κ3) is 2.36. The number of nitrogens with zero attached hydrogens (tertiary/aromatic N) is 2. The highest BCUT2D eigenvalue weighted by Crippen LogP contribution is 2.11. The van der Waals surface area contributed by atoms with Crippen molar-refractivity contribution in [2.75, 3.05) is 7.11 Å². The fourth-order valence-corrected chi connectivity index (χ4v) is 1.36. The normalized spacial score (nSPS) is 14.7. The highest BCUT2D eigenvalue weighted by Gasteiger charge is 2.30. The average molecular weight is 211 g/mol. The zero-order chi connectivity index (χ0) is 11.6. The lowest BCUT2D eigenvalue weighted by Gasteiger charge is -2.22. The molecule has 1 aromatic heterocycles. The molecule has 0 bridgehead atoms. The number of nitrogens with two attached hydrogens (primary N) is 1. The summed E-state index contributed by atoms with van der Waals surface area (Å²) >= 11 is 0. The minimum Gasteiger partial charge on any atom is -0.468 e. The number of methoxy groups -OCH3 is 1. The number of hydrogen-bond acceptors (Lipinski definition) is 4. The quantitative estimate of drug-likeness (QED) is 0.734. The molecule has 2 N–H and O–H groups in total. The molecule has 84 valence electrons. The predicted molar refractivity (Wildman–Crippen MR) is 56.3 cm³/mol. The van der Waals surface area contributed by atoms with Gasteiger partial charge in [0, 0.05) is 5.69 Å². The summed E-state index contributed by atoms with van der Waals surface area (Å²) < 4.78 is 6.49. The Bertz CT molecular complexity index is 369. The van der Waals surface area contributed by atoms with Crippen LogP contribution in [-0.4, -0.2) is 28.2 Å². The molecule has 0 saturated heterocycles. The van der Waals surface area contributed by atoms with Crippen molar-refractivity contribution < 1.29 is 9.53 Å². The first-order valence-electron chi connectivity index (χ1n) is 4.74. The molecule has 5 heteroatoms. The molecule has 1 atom stereocenters. The van der Waals surface area contributed by atoms with E-state index in [0.717, 1.165) is 11.4 Å². The molecule has 5 nitrogen and oxygen atoms in total. The number of rotatable bonds is 3. The Kier molecular flexibility index (Phi) is 3.14. The molecule has 0 amide bonds. The fourth-order valence-electron chi connectivity index (χ4n) is 1.36. The van der Waals surface area contributed by atoms with E-state index < -0.39 is 11.5 Å². The van der Waals surface area contributed by atoms with Gasteiger partial charge in [-0.05, 0) is 20.8 Å². The van der Waals surface area contributed by atoms with Crippen molar-refractivity contribution >= 4 is 5.97 Å². The second kappa shape index (κ2) is 4.02. The number of imidazole rings is 1. The van der Waals surface area contributed by atoms with Gasteiger partial charge < -0.3 is 15.0 Å². The van der Waals surface area contributed by atoms with Gasteiger partial charge in [0.05, 0.1) is 25.7 Å². The number of carbonyl (C=O) groups excluding carboxylic acids is 1. The summed E-state index contributed by atoms with van der Waals surface area (Å²) in [4.78, 5) is 15.5. The number of hydrogen-bond donors (Lipinski definition) is 1. The van der Waals surface area contributed by atoms with Crippen molar-refractivity contribution in [3.8, 4) is 0 Å². The van der Waals surface area contributed by atoms with E-state index in [-0.39, 0.29) is 0 Å². The minimum absolute atomic E-state index is 0.367. The third-order valence-corrected chi connectivity index (χ3v) is 2.50. The molecule has 0 saturated carbocycles. The van der Waals surface area contributed by atoms with E-state index in [0.29, 0.717) is 6.54 Å². The molecule has 0 aliphatic rings. The van der Waals surface area contributed by atoms with Crippen LogP contribution in [0.2, 0.25) is 0 Å². The van der Waals surface area contributed by atoms with E-state index in [1.54, 1.807) is 13.3 Å². The molecular formula is C10H17N3O2. The van der Waals surface area contributed by atoms with Gasteiger partial charge in [-0.1, -0.05) is 0 Å². The molecule has 15 heavy (non-hydrogen) atoms. The Labute approximate surface area is 89.2 Å². The molecule has 1 rings (SSSR count). The number of aromatic nitrogens is 2. The summed E-state index contributed by atoms with van der Waals surface area (Å²) in [6.07, 6.45) is 1.68. The largest absolute Gasteiger partial charge is 0.468 e. The van der Waals surface area contributed by atoms with Gasteiger partial charge in [0.2, 0.25) is 0 Å². The summed E-state index contributed by atoms with van der Waals surface area (Å²) in [6.45, 7) is 5.87. The molecule has 0 aliphatic heterocycles. The predicted octanol–water partition coefficient (Wildman–Crippen LogP) is 0.390. The van der Waals surface area contributed by atoms with Crippen LogP contribution in [0.25, 0.3) is 0 Å². The van der Waals surface area contributed by atoms with Gasteiger partial charge in [-0.25, -0.2) is 4.98 Å². The molecule has 0 aliphatic carbocycles. The first kappa shape index (κ1) is 11.7. The zero-order valence-electron chi connectivity index (χ0n) is 9.57. The Morgan fingerprint density at radius 3 is 2.67 bits per heavy atom. The summed E-state index contributed by atoms with van der Waals surface area (Å²) in [7, 11) is 1.33. The standard InChI is InChI=1S/C10H17N3O2/c1-7-8(2)13(6-12-7)5-10(3,11)9(14)15-4/h6H,5,11H2,1-4H3. The van der Waals surface area contributed by atoms with Gasteiger partial charge in [0.1, 0.15) is 5.54 Å². The van der Waals surface area contributed by atoms with Gasteiger partial charge in [-0.2, -0.15) is 0 Å². The van der Waals surface area contributed by atoms with Crippen LogP contribution in [0.5, 0.6) is 0 Å². The first-order chi connectivity index (χ1) is 6.88. The maximum Gasteiger partial charge on any atom is 0.327 e. The van der Waals surface area contributed by atoms with Crippen LogP contribution in [0.1, 0.15) is 18.3 Å². The first-order valence-corrected chi connectivity index (χ1v) is 4.74. The van der Waals surface area contributed by atoms with Crippen LogP contribution >= 0.6 is 0 Å². The summed E-state index contributed by atoms with van der Waals surface area (Å²) in [5.41, 5.74) is 6.79. The number of esters is 1. The summed E-state index contributed by atoms with van der Waals surface area (Å²) in [5, 5.41) is 0. The molecular weight excluding hydrogens is 194 g/mol. The maximum atomic E-state index is 11.4. The van der Waals surface area contributed by atoms with E-state index in [9.17, 15) is 4.79 Å². The summed E-state index contributed by atoms with van der Waals surface area (Å²) in [5.74, 6) is -0.423. The second-order valence-electron chi connectivity index (χ2n) is 3.95. The van der Waals surface area contributed by atoms with E-state index in [4.69, 9.17) is 5.73 Å². The van der Waals surface area contributed by atoms with E-state index in [1.807, 2.05) is 18.4 Å². The Morgan fingerprint density at radius 1 is 1.67 bits per heavy atom. The van der Waals surface area contributed by atoms with E-state index in [1.165, 1.54) is 7.11 Å². The smallest absolute Gasteiger partial charge is 0.327 e.